The molecule has 50 heavy (non-hydrogen) atoms. The second-order valence-electron chi connectivity index (χ2n) is 13.5. The van der Waals surface area contributed by atoms with Gasteiger partial charge in [-0.15, -0.1) is 0 Å². The summed E-state index contributed by atoms with van der Waals surface area (Å²) in [6.45, 7) is 0. The molecule has 0 unspecified atom stereocenters. The lowest BCUT2D eigenvalue weighted by Gasteiger charge is -2.30. The highest BCUT2D eigenvalue weighted by Gasteiger charge is 2.23. The summed E-state index contributed by atoms with van der Waals surface area (Å²) in [5.41, 5.74) is 4.30. The fraction of sp³-hybridized carbons (Fsp3) is 0.146. The lowest BCUT2D eigenvalue weighted by atomic mass is 9.88. The minimum Gasteiger partial charge on any atom is -0.303 e. The molecule has 0 spiro atoms. The van der Waals surface area contributed by atoms with Crippen LogP contribution < -0.4 is 5.32 Å². The molecular formula is C48H41NO. The van der Waals surface area contributed by atoms with E-state index in [4.69, 9.17) is 0 Å². The van der Waals surface area contributed by atoms with E-state index in [1.807, 2.05) is 84.9 Å². The third-order valence-electron chi connectivity index (χ3n) is 10.3. The Kier molecular flexibility index (Phi) is 9.19. The zero-order valence-corrected chi connectivity index (χ0v) is 28.3. The van der Waals surface area contributed by atoms with E-state index in [2.05, 4.69) is 90.2 Å². The molecule has 1 aliphatic carbocycles. The number of benzene rings is 8. The van der Waals surface area contributed by atoms with Gasteiger partial charge in [0.2, 0.25) is 0 Å². The number of hydrogen-bond donors (Lipinski definition) is 1. The van der Waals surface area contributed by atoms with E-state index in [-0.39, 0.29) is 11.8 Å². The molecule has 0 amide bonds. The van der Waals surface area contributed by atoms with Crippen LogP contribution in [0.15, 0.2) is 170 Å². The fourth-order valence-electron chi connectivity index (χ4n) is 7.85. The van der Waals surface area contributed by atoms with Gasteiger partial charge in [-0.05, 0) is 67.1 Å². The maximum absolute atomic E-state index is 13.1. The van der Waals surface area contributed by atoms with E-state index in [0.717, 1.165) is 32.7 Å². The molecule has 9 rings (SSSR count). The zero-order chi connectivity index (χ0) is 33.7. The van der Waals surface area contributed by atoms with Gasteiger partial charge in [0, 0.05) is 17.2 Å². The molecule has 0 saturated heterocycles. The van der Waals surface area contributed by atoms with Crippen LogP contribution in [-0.2, 0) is 0 Å². The first kappa shape index (κ1) is 31.7. The summed E-state index contributed by atoms with van der Waals surface area (Å²) in [5.74, 6) is 0.0774. The van der Waals surface area contributed by atoms with Crippen molar-refractivity contribution in [2.75, 3.05) is 0 Å². The van der Waals surface area contributed by atoms with Gasteiger partial charge in [-0.3, -0.25) is 4.79 Å². The van der Waals surface area contributed by atoms with Crippen molar-refractivity contribution >= 4 is 48.9 Å². The zero-order valence-electron chi connectivity index (χ0n) is 28.3. The normalized spacial score (nSPS) is 13.5. The molecule has 1 aliphatic rings. The van der Waals surface area contributed by atoms with Crippen LogP contribution >= 0.6 is 0 Å². The number of fused-ring (bicyclic) bond motifs is 4. The Bertz CT molecular complexity index is 2260. The van der Waals surface area contributed by atoms with Crippen LogP contribution in [0.3, 0.4) is 0 Å². The quantitative estimate of drug-likeness (QED) is 0.182. The van der Waals surface area contributed by atoms with Crippen LogP contribution in [0.1, 0.15) is 65.2 Å². The standard InChI is InChI=1S/C27H27N.C21H14O/c1-2-14-22(15-3-1)28-27(25-18-8-12-20-10-4-6-16-23(20)25)26-19-9-13-21-11-5-7-17-24(21)26;22-21(19-13-5-9-15-7-1-3-11-17(15)19)20-14-6-10-16-8-2-4-12-18(16)20/h4-13,16-19,22,27-28H,1-3,14-15H2;1-14H. The summed E-state index contributed by atoms with van der Waals surface area (Å²) in [6.07, 6.45) is 6.63. The summed E-state index contributed by atoms with van der Waals surface area (Å²) in [7, 11) is 0. The van der Waals surface area contributed by atoms with E-state index >= 15 is 0 Å². The summed E-state index contributed by atoms with van der Waals surface area (Å²) >= 11 is 0. The van der Waals surface area contributed by atoms with Crippen LogP contribution in [0.25, 0.3) is 43.1 Å². The highest BCUT2D eigenvalue weighted by atomic mass is 16.1. The lowest BCUT2D eigenvalue weighted by molar-refractivity contribution is 0.104. The van der Waals surface area contributed by atoms with Gasteiger partial charge in [-0.2, -0.15) is 0 Å². The molecule has 1 saturated carbocycles. The molecule has 8 aromatic carbocycles. The highest BCUT2D eigenvalue weighted by molar-refractivity contribution is 6.21. The minimum absolute atomic E-state index is 0.0774. The van der Waals surface area contributed by atoms with Crippen molar-refractivity contribution in [2.45, 2.75) is 44.2 Å². The first-order valence-electron chi connectivity index (χ1n) is 18.0. The Morgan fingerprint density at radius 2 is 0.780 bits per heavy atom. The summed E-state index contributed by atoms with van der Waals surface area (Å²) in [5, 5.41) is 13.6. The number of nitrogens with one attached hydrogen (secondary N) is 1. The van der Waals surface area contributed by atoms with Crippen molar-refractivity contribution in [2.24, 2.45) is 0 Å². The predicted molar refractivity (Wildman–Crippen MR) is 211 cm³/mol. The molecule has 0 aromatic heterocycles. The summed E-state index contributed by atoms with van der Waals surface area (Å²) < 4.78 is 0. The highest BCUT2D eigenvalue weighted by Crippen LogP contribution is 2.35. The smallest absolute Gasteiger partial charge is 0.194 e. The third kappa shape index (κ3) is 6.43. The van der Waals surface area contributed by atoms with Gasteiger partial charge in [0.15, 0.2) is 5.78 Å². The fourth-order valence-corrected chi connectivity index (χ4v) is 7.85. The van der Waals surface area contributed by atoms with Gasteiger partial charge in [-0.25, -0.2) is 0 Å². The molecule has 244 valence electrons. The Balaban J connectivity index is 0.000000149. The topological polar surface area (TPSA) is 29.1 Å². The minimum atomic E-state index is 0.0774. The SMILES string of the molecule is O=C(c1cccc2ccccc12)c1cccc2ccccc12.c1ccc2c(C(NC3CCCCC3)c3cccc4ccccc34)cccc2c1. The second-order valence-corrected chi connectivity index (χ2v) is 13.5. The Morgan fingerprint density at radius 3 is 1.24 bits per heavy atom. The first-order chi connectivity index (χ1) is 24.7. The molecule has 2 heteroatoms. The Morgan fingerprint density at radius 1 is 0.420 bits per heavy atom. The van der Waals surface area contributed by atoms with Crippen molar-refractivity contribution in [1.82, 2.24) is 5.32 Å². The summed E-state index contributed by atoms with van der Waals surface area (Å²) in [4.78, 5) is 13.1. The van der Waals surface area contributed by atoms with Crippen LogP contribution in [0.2, 0.25) is 0 Å². The molecule has 0 aliphatic heterocycles. The van der Waals surface area contributed by atoms with Crippen LogP contribution in [0.5, 0.6) is 0 Å². The number of carbonyl (C=O) groups is 1. The predicted octanol–water partition coefficient (Wildman–Crippen LogP) is 12.2. The second kappa shape index (κ2) is 14.5. The van der Waals surface area contributed by atoms with Crippen molar-refractivity contribution < 1.29 is 4.79 Å². The molecule has 0 heterocycles. The Labute approximate surface area is 294 Å². The van der Waals surface area contributed by atoms with Crippen LogP contribution in [0.4, 0.5) is 0 Å². The van der Waals surface area contributed by atoms with Crippen molar-refractivity contribution in [3.05, 3.63) is 192 Å². The van der Waals surface area contributed by atoms with E-state index in [0.29, 0.717) is 6.04 Å². The molecule has 2 nitrogen and oxygen atoms in total. The van der Waals surface area contributed by atoms with E-state index in [9.17, 15) is 4.79 Å². The van der Waals surface area contributed by atoms with Crippen LogP contribution in [0, 0.1) is 0 Å². The number of ketones is 1. The van der Waals surface area contributed by atoms with E-state index < -0.39 is 0 Å². The summed E-state index contributed by atoms with van der Waals surface area (Å²) in [6, 6.07) is 59.7. The van der Waals surface area contributed by atoms with Gasteiger partial charge in [0.05, 0.1) is 6.04 Å². The molecule has 0 bridgehead atoms. The molecule has 8 aromatic rings. The monoisotopic (exact) mass is 647 g/mol. The van der Waals surface area contributed by atoms with Gasteiger partial charge in [0.1, 0.15) is 0 Å². The molecule has 0 radical (unpaired) electrons. The van der Waals surface area contributed by atoms with Crippen molar-refractivity contribution in [1.29, 1.82) is 0 Å². The van der Waals surface area contributed by atoms with Crippen LogP contribution in [-0.4, -0.2) is 11.8 Å². The van der Waals surface area contributed by atoms with Gasteiger partial charge in [0.25, 0.3) is 0 Å². The third-order valence-corrected chi connectivity index (χ3v) is 10.3. The van der Waals surface area contributed by atoms with Gasteiger partial charge >= 0.3 is 0 Å². The Hall–Kier alpha value is -5.57. The van der Waals surface area contributed by atoms with Crippen molar-refractivity contribution in [3.8, 4) is 0 Å². The maximum Gasteiger partial charge on any atom is 0.194 e. The molecular weight excluding hydrogens is 607 g/mol. The first-order valence-corrected chi connectivity index (χ1v) is 18.0. The van der Waals surface area contributed by atoms with E-state index in [1.165, 1.54) is 64.8 Å². The average Bonchev–Trinajstić information content (AvgIpc) is 3.19. The number of carbonyl (C=O) groups excluding carboxylic acids is 1. The average molecular weight is 648 g/mol. The van der Waals surface area contributed by atoms with Gasteiger partial charge in [-0.1, -0.05) is 189 Å². The van der Waals surface area contributed by atoms with Crippen molar-refractivity contribution in [3.63, 3.8) is 0 Å². The molecule has 1 fully saturated rings. The number of hydrogen-bond acceptors (Lipinski definition) is 2. The lowest BCUT2D eigenvalue weighted by Crippen LogP contribution is -2.35. The van der Waals surface area contributed by atoms with Gasteiger partial charge < -0.3 is 5.32 Å². The number of rotatable bonds is 6. The largest absolute Gasteiger partial charge is 0.303 e. The molecule has 1 N–H and O–H groups in total. The van der Waals surface area contributed by atoms with E-state index in [1.54, 1.807) is 0 Å². The maximum atomic E-state index is 13.1. The molecule has 0 atom stereocenters.